The predicted molar refractivity (Wildman–Crippen MR) is 103 cm³/mol. The summed E-state index contributed by atoms with van der Waals surface area (Å²) < 4.78 is 10.5. The first-order chi connectivity index (χ1) is 12.9. The van der Waals surface area contributed by atoms with Crippen LogP contribution >= 0.6 is 0 Å². The van der Waals surface area contributed by atoms with Crippen molar-refractivity contribution in [1.29, 1.82) is 0 Å². The summed E-state index contributed by atoms with van der Waals surface area (Å²) in [6, 6.07) is 14.4. The summed E-state index contributed by atoms with van der Waals surface area (Å²) in [5, 5.41) is 20.0. The van der Waals surface area contributed by atoms with E-state index in [0.29, 0.717) is 17.9 Å². The van der Waals surface area contributed by atoms with Crippen LogP contribution in [0.25, 0.3) is 0 Å². The molecule has 0 spiro atoms. The third-order valence-electron chi connectivity index (χ3n) is 4.61. The van der Waals surface area contributed by atoms with Crippen molar-refractivity contribution < 1.29 is 24.5 Å². The largest absolute Gasteiger partial charge is 0.493 e. The Morgan fingerprint density at radius 3 is 2.26 bits per heavy atom. The molecule has 2 aromatic rings. The van der Waals surface area contributed by atoms with Crippen LogP contribution in [-0.4, -0.2) is 42.5 Å². The van der Waals surface area contributed by atoms with Gasteiger partial charge in [-0.1, -0.05) is 36.4 Å². The molecule has 27 heavy (non-hydrogen) atoms. The van der Waals surface area contributed by atoms with Crippen molar-refractivity contribution in [1.82, 2.24) is 0 Å². The van der Waals surface area contributed by atoms with Gasteiger partial charge in [0.25, 0.3) is 0 Å². The number of aliphatic hydroxyl groups excluding tert-OH is 1. The van der Waals surface area contributed by atoms with Gasteiger partial charge in [0.1, 0.15) is 0 Å². The molecule has 3 unspecified atom stereocenters. The van der Waals surface area contributed by atoms with Crippen LogP contribution < -0.4 is 15.2 Å². The van der Waals surface area contributed by atoms with Gasteiger partial charge in [0, 0.05) is 6.04 Å². The van der Waals surface area contributed by atoms with Crippen LogP contribution in [0.15, 0.2) is 48.5 Å². The Labute approximate surface area is 159 Å². The molecule has 3 atom stereocenters. The fourth-order valence-electron chi connectivity index (χ4n) is 3.05. The Kier molecular flexibility index (Phi) is 7.64. The zero-order chi connectivity index (χ0) is 19.8. The fraction of sp³-hybridized carbons (Fsp3) is 0.381. The van der Waals surface area contributed by atoms with Crippen LogP contribution in [0.1, 0.15) is 17.5 Å². The molecule has 0 aliphatic heterocycles. The number of hydrogen-bond donors (Lipinski definition) is 3. The number of carboxylic acids is 1. The van der Waals surface area contributed by atoms with Gasteiger partial charge in [0.05, 0.1) is 26.2 Å². The Morgan fingerprint density at radius 1 is 1.00 bits per heavy atom. The van der Waals surface area contributed by atoms with Crippen molar-refractivity contribution in [3.63, 3.8) is 0 Å². The summed E-state index contributed by atoms with van der Waals surface area (Å²) in [4.78, 5) is 11.7. The standard InChI is InChI=1S/C21H27NO5/c1-26-19-9-8-15(12-20(19)27-2)10-16(21(24)25)13-18(23)17(22)11-14-6-4-3-5-7-14/h3-9,12,16-18,23H,10-11,13,22H2,1-2H3,(H,24,25). The van der Waals surface area contributed by atoms with E-state index in [4.69, 9.17) is 15.2 Å². The van der Waals surface area contributed by atoms with Gasteiger partial charge in [0.2, 0.25) is 0 Å². The second-order valence-electron chi connectivity index (χ2n) is 6.59. The van der Waals surface area contributed by atoms with E-state index in [-0.39, 0.29) is 12.8 Å². The lowest BCUT2D eigenvalue weighted by atomic mass is 9.89. The van der Waals surface area contributed by atoms with Gasteiger partial charge in [-0.05, 0) is 42.5 Å². The number of ether oxygens (including phenoxy) is 2. The molecule has 0 saturated carbocycles. The highest BCUT2D eigenvalue weighted by molar-refractivity contribution is 5.70. The van der Waals surface area contributed by atoms with Gasteiger partial charge in [-0.15, -0.1) is 0 Å². The summed E-state index contributed by atoms with van der Waals surface area (Å²) in [5.41, 5.74) is 7.90. The number of hydrogen-bond acceptors (Lipinski definition) is 5. The SMILES string of the molecule is COc1ccc(CC(CC(O)C(N)Cc2ccccc2)C(=O)O)cc1OC. The summed E-state index contributed by atoms with van der Waals surface area (Å²) in [6.07, 6.45) is -0.0702. The summed E-state index contributed by atoms with van der Waals surface area (Å²) in [5.74, 6) is -0.589. The fourth-order valence-corrected chi connectivity index (χ4v) is 3.05. The second kappa shape index (κ2) is 9.94. The Balaban J connectivity index is 2.03. The molecule has 2 rings (SSSR count). The number of aliphatic carboxylic acids is 1. The van der Waals surface area contributed by atoms with E-state index in [9.17, 15) is 15.0 Å². The first kappa shape index (κ1) is 20.7. The molecule has 0 bridgehead atoms. The third-order valence-corrected chi connectivity index (χ3v) is 4.61. The Morgan fingerprint density at radius 2 is 1.67 bits per heavy atom. The lowest BCUT2D eigenvalue weighted by Crippen LogP contribution is -2.39. The van der Waals surface area contributed by atoms with E-state index in [2.05, 4.69) is 0 Å². The van der Waals surface area contributed by atoms with Gasteiger partial charge in [0.15, 0.2) is 11.5 Å². The minimum absolute atomic E-state index is 0.0810. The van der Waals surface area contributed by atoms with Gasteiger partial charge < -0.3 is 25.4 Å². The molecule has 146 valence electrons. The third kappa shape index (κ3) is 5.98. The molecule has 6 heteroatoms. The molecular formula is C21H27NO5. The van der Waals surface area contributed by atoms with E-state index >= 15 is 0 Å². The molecule has 2 aromatic carbocycles. The number of benzene rings is 2. The predicted octanol–water partition coefficient (Wildman–Crippen LogP) is 2.27. The topological polar surface area (TPSA) is 102 Å². The molecule has 0 fully saturated rings. The Hall–Kier alpha value is -2.57. The molecule has 0 aliphatic carbocycles. The molecule has 0 saturated heterocycles. The van der Waals surface area contributed by atoms with E-state index in [1.54, 1.807) is 25.3 Å². The van der Waals surface area contributed by atoms with Crippen LogP contribution in [0.5, 0.6) is 11.5 Å². The molecule has 4 N–H and O–H groups in total. The van der Waals surface area contributed by atoms with Crippen LogP contribution in [0.4, 0.5) is 0 Å². The Bertz CT molecular complexity index is 735. The average molecular weight is 373 g/mol. The first-order valence-corrected chi connectivity index (χ1v) is 8.85. The van der Waals surface area contributed by atoms with Gasteiger partial charge in [-0.25, -0.2) is 0 Å². The normalized spacial score (nSPS) is 14.2. The quantitative estimate of drug-likeness (QED) is 0.590. The highest BCUT2D eigenvalue weighted by atomic mass is 16.5. The van der Waals surface area contributed by atoms with Gasteiger partial charge >= 0.3 is 5.97 Å². The van der Waals surface area contributed by atoms with Crippen molar-refractivity contribution in [3.8, 4) is 11.5 Å². The minimum Gasteiger partial charge on any atom is -0.493 e. The number of rotatable bonds is 10. The van der Waals surface area contributed by atoms with Gasteiger partial charge in [-0.2, -0.15) is 0 Å². The van der Waals surface area contributed by atoms with Crippen LogP contribution in [0.2, 0.25) is 0 Å². The molecule has 0 radical (unpaired) electrons. The van der Waals surface area contributed by atoms with Crippen LogP contribution in [0, 0.1) is 5.92 Å². The smallest absolute Gasteiger partial charge is 0.306 e. The number of nitrogens with two attached hydrogens (primary N) is 1. The van der Waals surface area contributed by atoms with Crippen LogP contribution in [0.3, 0.4) is 0 Å². The summed E-state index contributed by atoms with van der Waals surface area (Å²) in [7, 11) is 3.07. The summed E-state index contributed by atoms with van der Waals surface area (Å²) >= 11 is 0. The summed E-state index contributed by atoms with van der Waals surface area (Å²) in [6.45, 7) is 0. The number of methoxy groups -OCH3 is 2. The highest BCUT2D eigenvalue weighted by Gasteiger charge is 2.26. The van der Waals surface area contributed by atoms with E-state index < -0.39 is 24.0 Å². The lowest BCUT2D eigenvalue weighted by molar-refractivity contribution is -0.142. The monoisotopic (exact) mass is 373 g/mol. The minimum atomic E-state index is -0.962. The van der Waals surface area contributed by atoms with Crippen molar-refractivity contribution in [3.05, 3.63) is 59.7 Å². The van der Waals surface area contributed by atoms with Crippen molar-refractivity contribution >= 4 is 5.97 Å². The highest BCUT2D eigenvalue weighted by Crippen LogP contribution is 2.29. The molecule has 6 nitrogen and oxygen atoms in total. The van der Waals surface area contributed by atoms with Gasteiger partial charge in [-0.3, -0.25) is 4.79 Å². The maximum absolute atomic E-state index is 11.7. The maximum Gasteiger partial charge on any atom is 0.306 e. The number of carbonyl (C=O) groups is 1. The maximum atomic E-state index is 11.7. The van der Waals surface area contributed by atoms with Crippen molar-refractivity contribution in [2.45, 2.75) is 31.4 Å². The molecule has 0 aromatic heterocycles. The average Bonchev–Trinajstić information content (AvgIpc) is 2.67. The number of carboxylic acid groups (broad SMARTS) is 1. The zero-order valence-electron chi connectivity index (χ0n) is 15.7. The van der Waals surface area contributed by atoms with Crippen molar-refractivity contribution in [2.24, 2.45) is 11.7 Å². The second-order valence-corrected chi connectivity index (χ2v) is 6.59. The van der Waals surface area contributed by atoms with E-state index in [1.807, 2.05) is 30.3 Å². The molecule has 0 amide bonds. The molecule has 0 aliphatic rings. The van der Waals surface area contributed by atoms with Crippen molar-refractivity contribution in [2.75, 3.05) is 14.2 Å². The lowest BCUT2D eigenvalue weighted by Gasteiger charge is -2.22. The van der Waals surface area contributed by atoms with E-state index in [0.717, 1.165) is 11.1 Å². The number of aliphatic hydroxyl groups is 1. The van der Waals surface area contributed by atoms with Crippen LogP contribution in [-0.2, 0) is 17.6 Å². The van der Waals surface area contributed by atoms with E-state index in [1.165, 1.54) is 7.11 Å². The molecular weight excluding hydrogens is 346 g/mol. The molecule has 0 heterocycles. The first-order valence-electron chi connectivity index (χ1n) is 8.85. The zero-order valence-corrected chi connectivity index (χ0v) is 15.7.